The van der Waals surface area contributed by atoms with E-state index >= 15 is 0 Å². The van der Waals surface area contributed by atoms with Gasteiger partial charge >= 0.3 is 0 Å². The summed E-state index contributed by atoms with van der Waals surface area (Å²) < 4.78 is 26.3. The van der Waals surface area contributed by atoms with Gasteiger partial charge in [0.1, 0.15) is 17.7 Å². The molecule has 17 heavy (non-hydrogen) atoms. The normalized spacial score (nSPS) is 12.4. The zero-order valence-electron chi connectivity index (χ0n) is 8.98. The number of aliphatic hydroxyl groups is 1. The minimum Gasteiger partial charge on any atom is -0.386 e. The van der Waals surface area contributed by atoms with Crippen LogP contribution in [0.25, 0.3) is 0 Å². The Morgan fingerprint density at radius 1 is 1.18 bits per heavy atom. The summed E-state index contributed by atoms with van der Waals surface area (Å²) in [7, 11) is 0. The van der Waals surface area contributed by atoms with E-state index in [9.17, 15) is 13.9 Å². The summed E-state index contributed by atoms with van der Waals surface area (Å²) in [6, 6.07) is 8.28. The molecule has 1 aromatic carbocycles. The summed E-state index contributed by atoms with van der Waals surface area (Å²) in [6.45, 7) is 0. The average molecular weight is 235 g/mol. The first-order chi connectivity index (χ1) is 8.16. The summed E-state index contributed by atoms with van der Waals surface area (Å²) in [5.74, 6) is -1.05. The van der Waals surface area contributed by atoms with Gasteiger partial charge in [0.05, 0.1) is 5.69 Å². The van der Waals surface area contributed by atoms with Crippen LogP contribution < -0.4 is 0 Å². The molecule has 0 amide bonds. The molecule has 1 unspecified atom stereocenters. The first kappa shape index (κ1) is 11.7. The number of aromatic nitrogens is 1. The van der Waals surface area contributed by atoms with Crippen molar-refractivity contribution in [1.82, 2.24) is 4.98 Å². The van der Waals surface area contributed by atoms with Crippen molar-refractivity contribution in [1.29, 1.82) is 0 Å². The average Bonchev–Trinajstić information content (AvgIpc) is 2.35. The van der Waals surface area contributed by atoms with E-state index in [1.807, 2.05) is 0 Å². The summed E-state index contributed by atoms with van der Waals surface area (Å²) in [5, 5.41) is 9.84. The van der Waals surface area contributed by atoms with Crippen LogP contribution in [0.15, 0.2) is 42.6 Å². The molecule has 2 aromatic rings. The number of hydrogen-bond acceptors (Lipinski definition) is 2. The van der Waals surface area contributed by atoms with Crippen LogP contribution in [0.4, 0.5) is 8.78 Å². The van der Waals surface area contributed by atoms with Crippen molar-refractivity contribution in [2.45, 2.75) is 12.5 Å². The maximum absolute atomic E-state index is 13.3. The van der Waals surface area contributed by atoms with E-state index in [2.05, 4.69) is 4.98 Å². The molecule has 1 aromatic heterocycles. The van der Waals surface area contributed by atoms with Crippen LogP contribution in [-0.4, -0.2) is 10.1 Å². The van der Waals surface area contributed by atoms with E-state index in [0.717, 1.165) is 18.2 Å². The maximum Gasteiger partial charge on any atom is 0.126 e. The molecule has 0 bridgehead atoms. The number of benzene rings is 1. The van der Waals surface area contributed by atoms with Crippen LogP contribution in [0, 0.1) is 11.6 Å². The van der Waals surface area contributed by atoms with Crippen LogP contribution in [0.2, 0.25) is 0 Å². The Bertz CT molecular complexity index is 502. The fourth-order valence-corrected chi connectivity index (χ4v) is 1.59. The molecule has 4 heteroatoms. The summed E-state index contributed by atoms with van der Waals surface area (Å²) >= 11 is 0. The number of halogens is 2. The number of pyridine rings is 1. The molecule has 2 rings (SSSR count). The van der Waals surface area contributed by atoms with E-state index in [0.29, 0.717) is 5.69 Å². The van der Waals surface area contributed by atoms with Crippen LogP contribution in [0.5, 0.6) is 0 Å². The molecule has 0 aliphatic carbocycles. The van der Waals surface area contributed by atoms with Crippen molar-refractivity contribution in [3.63, 3.8) is 0 Å². The smallest absolute Gasteiger partial charge is 0.126 e. The van der Waals surface area contributed by atoms with Gasteiger partial charge < -0.3 is 5.11 Å². The molecule has 88 valence electrons. The topological polar surface area (TPSA) is 33.1 Å². The lowest BCUT2D eigenvalue weighted by molar-refractivity contribution is 0.172. The predicted octanol–water partition coefficient (Wildman–Crippen LogP) is 2.64. The van der Waals surface area contributed by atoms with E-state index in [4.69, 9.17) is 0 Å². The molecule has 2 nitrogen and oxygen atoms in total. The predicted molar refractivity (Wildman–Crippen MR) is 59.3 cm³/mol. The van der Waals surface area contributed by atoms with Gasteiger partial charge in [-0.25, -0.2) is 8.78 Å². The molecule has 0 radical (unpaired) electrons. The summed E-state index contributed by atoms with van der Waals surface area (Å²) in [5.41, 5.74) is 0.583. The highest BCUT2D eigenvalue weighted by Crippen LogP contribution is 2.19. The second-order valence-electron chi connectivity index (χ2n) is 3.71. The van der Waals surface area contributed by atoms with Gasteiger partial charge in [-0.3, -0.25) is 4.98 Å². The molecule has 0 spiro atoms. The molecule has 0 saturated carbocycles. The minimum absolute atomic E-state index is 0.000602. The standard InChI is InChI=1S/C13H11F2NO/c14-10-4-5-11(15)9(7-10)8-13(17)12-3-1-2-6-16-12/h1-7,13,17H,8H2. The van der Waals surface area contributed by atoms with Gasteiger partial charge in [-0.2, -0.15) is 0 Å². The minimum atomic E-state index is -0.938. The molecule has 0 aliphatic heterocycles. The van der Waals surface area contributed by atoms with Crippen molar-refractivity contribution in [3.05, 3.63) is 65.5 Å². The van der Waals surface area contributed by atoms with E-state index in [1.165, 1.54) is 0 Å². The maximum atomic E-state index is 13.3. The second kappa shape index (κ2) is 5.01. The molecular weight excluding hydrogens is 224 g/mol. The van der Waals surface area contributed by atoms with Crippen molar-refractivity contribution >= 4 is 0 Å². The van der Waals surface area contributed by atoms with Gasteiger partial charge in [0, 0.05) is 12.6 Å². The Morgan fingerprint density at radius 3 is 2.71 bits per heavy atom. The van der Waals surface area contributed by atoms with E-state index in [1.54, 1.807) is 24.4 Å². The fourth-order valence-electron chi connectivity index (χ4n) is 1.59. The Labute approximate surface area is 97.6 Å². The molecule has 0 saturated heterocycles. The van der Waals surface area contributed by atoms with Crippen molar-refractivity contribution in [2.24, 2.45) is 0 Å². The highest BCUT2D eigenvalue weighted by atomic mass is 19.1. The Kier molecular flexibility index (Phi) is 3.44. The van der Waals surface area contributed by atoms with Crippen LogP contribution in [0.1, 0.15) is 17.4 Å². The highest BCUT2D eigenvalue weighted by molar-refractivity contribution is 5.21. The number of hydrogen-bond donors (Lipinski definition) is 1. The fraction of sp³-hybridized carbons (Fsp3) is 0.154. The van der Waals surface area contributed by atoms with Crippen molar-refractivity contribution < 1.29 is 13.9 Å². The first-order valence-corrected chi connectivity index (χ1v) is 5.20. The number of rotatable bonds is 3. The molecule has 0 fully saturated rings. The third-order valence-corrected chi connectivity index (χ3v) is 2.45. The summed E-state index contributed by atoms with van der Waals surface area (Å²) in [6.07, 6.45) is 0.605. The van der Waals surface area contributed by atoms with Crippen LogP contribution in [-0.2, 0) is 6.42 Å². The molecule has 1 heterocycles. The monoisotopic (exact) mass is 235 g/mol. The molecular formula is C13H11F2NO. The van der Waals surface area contributed by atoms with Gasteiger partial charge in [0.15, 0.2) is 0 Å². The SMILES string of the molecule is OC(Cc1cc(F)ccc1F)c1ccccn1. The molecule has 1 atom stereocenters. The van der Waals surface area contributed by atoms with Crippen molar-refractivity contribution in [2.75, 3.05) is 0 Å². The zero-order chi connectivity index (χ0) is 12.3. The van der Waals surface area contributed by atoms with Crippen LogP contribution in [0.3, 0.4) is 0 Å². The summed E-state index contributed by atoms with van der Waals surface area (Å²) in [4.78, 5) is 3.96. The van der Waals surface area contributed by atoms with Gasteiger partial charge in [-0.05, 0) is 35.9 Å². The lowest BCUT2D eigenvalue weighted by Crippen LogP contribution is -2.05. The number of aliphatic hydroxyl groups excluding tert-OH is 1. The Balaban J connectivity index is 2.18. The lowest BCUT2D eigenvalue weighted by Gasteiger charge is -2.10. The van der Waals surface area contributed by atoms with E-state index < -0.39 is 17.7 Å². The van der Waals surface area contributed by atoms with Crippen LogP contribution >= 0.6 is 0 Å². The van der Waals surface area contributed by atoms with Gasteiger partial charge in [-0.15, -0.1) is 0 Å². The quantitative estimate of drug-likeness (QED) is 0.887. The molecule has 0 aliphatic rings. The van der Waals surface area contributed by atoms with Gasteiger partial charge in [0.2, 0.25) is 0 Å². The van der Waals surface area contributed by atoms with Crippen molar-refractivity contribution in [3.8, 4) is 0 Å². The van der Waals surface area contributed by atoms with E-state index in [-0.39, 0.29) is 12.0 Å². The Hall–Kier alpha value is -1.81. The van der Waals surface area contributed by atoms with Gasteiger partial charge in [0.25, 0.3) is 0 Å². The lowest BCUT2D eigenvalue weighted by atomic mass is 10.0. The first-order valence-electron chi connectivity index (χ1n) is 5.20. The zero-order valence-corrected chi connectivity index (χ0v) is 8.98. The third-order valence-electron chi connectivity index (χ3n) is 2.45. The van der Waals surface area contributed by atoms with Gasteiger partial charge in [-0.1, -0.05) is 6.07 Å². The Morgan fingerprint density at radius 2 is 2.00 bits per heavy atom. The largest absolute Gasteiger partial charge is 0.386 e. The highest BCUT2D eigenvalue weighted by Gasteiger charge is 2.13. The second-order valence-corrected chi connectivity index (χ2v) is 3.71. The number of nitrogens with zero attached hydrogens (tertiary/aromatic N) is 1. The third kappa shape index (κ3) is 2.85. The molecule has 1 N–H and O–H groups in total.